The molecule has 1 unspecified atom stereocenters. The van der Waals surface area contributed by atoms with Gasteiger partial charge in [-0.05, 0) is 13.0 Å². The van der Waals surface area contributed by atoms with Crippen LogP contribution in [0.3, 0.4) is 0 Å². The number of nitrogen functional groups attached to an aromatic ring is 1. The van der Waals surface area contributed by atoms with E-state index in [2.05, 4.69) is 17.1 Å². The molecule has 2 heterocycles. The van der Waals surface area contributed by atoms with Crippen molar-refractivity contribution in [2.75, 3.05) is 5.73 Å². The molecule has 6 heteroatoms. The maximum absolute atomic E-state index is 10.4. The predicted octanol–water partition coefficient (Wildman–Crippen LogP) is 1.65. The molecule has 0 aliphatic carbocycles. The third kappa shape index (κ3) is 2.27. The van der Waals surface area contributed by atoms with E-state index < -0.39 is 6.10 Å². The van der Waals surface area contributed by atoms with E-state index >= 15 is 0 Å². The Morgan fingerprint density at radius 2 is 2.10 bits per heavy atom. The molecule has 0 bridgehead atoms. The molecule has 1 aromatic carbocycles. The molecule has 0 aliphatic rings. The summed E-state index contributed by atoms with van der Waals surface area (Å²) < 4.78 is 3.51. The van der Waals surface area contributed by atoms with Gasteiger partial charge < -0.3 is 10.8 Å². The molecule has 21 heavy (non-hydrogen) atoms. The fourth-order valence-electron chi connectivity index (χ4n) is 2.60. The molecule has 0 radical (unpaired) electrons. The van der Waals surface area contributed by atoms with Crippen LogP contribution in [0.15, 0.2) is 30.5 Å². The van der Waals surface area contributed by atoms with Crippen molar-refractivity contribution in [3.05, 3.63) is 41.7 Å². The van der Waals surface area contributed by atoms with Crippen LogP contribution in [-0.4, -0.2) is 24.7 Å². The van der Waals surface area contributed by atoms with Crippen molar-refractivity contribution in [1.82, 2.24) is 19.6 Å². The van der Waals surface area contributed by atoms with E-state index in [0.717, 1.165) is 23.1 Å². The number of nitrogens with two attached hydrogens (primary N) is 1. The van der Waals surface area contributed by atoms with E-state index in [1.165, 1.54) is 0 Å². The van der Waals surface area contributed by atoms with Crippen molar-refractivity contribution in [2.24, 2.45) is 7.05 Å². The highest BCUT2D eigenvalue weighted by Crippen LogP contribution is 2.26. The summed E-state index contributed by atoms with van der Waals surface area (Å²) in [5, 5.41) is 20.2. The van der Waals surface area contributed by atoms with E-state index in [0.29, 0.717) is 17.8 Å². The van der Waals surface area contributed by atoms with Gasteiger partial charge in [-0.1, -0.05) is 18.2 Å². The summed E-state index contributed by atoms with van der Waals surface area (Å²) in [6.07, 6.45) is 1.32. The van der Waals surface area contributed by atoms with Crippen molar-refractivity contribution < 1.29 is 5.11 Å². The van der Waals surface area contributed by atoms with Crippen LogP contribution < -0.4 is 5.73 Å². The third-order valence-electron chi connectivity index (χ3n) is 3.79. The molecule has 3 N–H and O–H groups in total. The Bertz CT molecular complexity index is 774. The van der Waals surface area contributed by atoms with Crippen LogP contribution in [0, 0.1) is 0 Å². The Balaban J connectivity index is 1.96. The molecule has 0 spiro atoms. The molecule has 2 aromatic heterocycles. The van der Waals surface area contributed by atoms with Gasteiger partial charge in [0.05, 0.1) is 23.5 Å². The van der Waals surface area contributed by atoms with E-state index in [1.54, 1.807) is 17.9 Å². The molecule has 0 amide bonds. The van der Waals surface area contributed by atoms with Crippen molar-refractivity contribution >= 4 is 16.7 Å². The molecule has 6 nitrogen and oxygen atoms in total. The number of nitrogens with zero attached hydrogens (tertiary/aromatic N) is 4. The number of fused-ring (bicyclic) bond motifs is 1. The molecule has 3 aromatic rings. The first kappa shape index (κ1) is 13.6. The fourth-order valence-corrected chi connectivity index (χ4v) is 2.60. The van der Waals surface area contributed by atoms with Crippen molar-refractivity contribution in [1.29, 1.82) is 0 Å². The second-order valence-electron chi connectivity index (χ2n) is 5.11. The van der Waals surface area contributed by atoms with Crippen LogP contribution in [0.25, 0.3) is 10.9 Å². The first-order valence-corrected chi connectivity index (χ1v) is 7.01. The Morgan fingerprint density at radius 3 is 2.76 bits per heavy atom. The second kappa shape index (κ2) is 5.21. The number of benzene rings is 1. The third-order valence-corrected chi connectivity index (χ3v) is 3.79. The van der Waals surface area contributed by atoms with E-state index in [4.69, 9.17) is 5.73 Å². The number of aliphatic hydroxyl groups is 1. The van der Waals surface area contributed by atoms with Crippen LogP contribution in [0.2, 0.25) is 0 Å². The standard InChI is InChI=1S/C15H19N5O/c1-3-20-13-7-5-4-6-10(13)12(18-20)8-14(21)11-9-17-19(2)15(11)16/h4-7,9,14,21H,3,8,16H2,1-2H3. The van der Waals surface area contributed by atoms with Gasteiger partial charge in [0, 0.05) is 31.0 Å². The first-order chi connectivity index (χ1) is 10.1. The van der Waals surface area contributed by atoms with Crippen LogP contribution >= 0.6 is 0 Å². The molecule has 0 saturated heterocycles. The highest BCUT2D eigenvalue weighted by atomic mass is 16.3. The van der Waals surface area contributed by atoms with Crippen molar-refractivity contribution in [2.45, 2.75) is 26.0 Å². The minimum atomic E-state index is -0.706. The number of para-hydroxylation sites is 1. The smallest absolute Gasteiger partial charge is 0.127 e. The van der Waals surface area contributed by atoms with Gasteiger partial charge in [0.15, 0.2) is 0 Å². The number of aliphatic hydroxyl groups excluding tert-OH is 1. The maximum atomic E-state index is 10.4. The van der Waals surface area contributed by atoms with Gasteiger partial charge in [-0.25, -0.2) is 0 Å². The normalized spacial score (nSPS) is 12.9. The fraction of sp³-hybridized carbons (Fsp3) is 0.333. The van der Waals surface area contributed by atoms with Crippen molar-refractivity contribution in [3.8, 4) is 0 Å². The number of anilines is 1. The zero-order chi connectivity index (χ0) is 15.0. The highest BCUT2D eigenvalue weighted by Gasteiger charge is 2.19. The number of hydrogen-bond acceptors (Lipinski definition) is 4. The number of aromatic nitrogens is 4. The maximum Gasteiger partial charge on any atom is 0.127 e. The van der Waals surface area contributed by atoms with Crippen LogP contribution in [0.5, 0.6) is 0 Å². The molecule has 110 valence electrons. The van der Waals surface area contributed by atoms with E-state index in [9.17, 15) is 5.11 Å². The number of aryl methyl sites for hydroxylation is 2. The molecule has 1 atom stereocenters. The molecule has 0 aliphatic heterocycles. The molecular weight excluding hydrogens is 266 g/mol. The summed E-state index contributed by atoms with van der Waals surface area (Å²) >= 11 is 0. The van der Waals surface area contributed by atoms with Gasteiger partial charge in [-0.2, -0.15) is 10.2 Å². The van der Waals surface area contributed by atoms with Crippen LogP contribution in [-0.2, 0) is 20.0 Å². The monoisotopic (exact) mass is 285 g/mol. The average Bonchev–Trinajstić information content (AvgIpc) is 3.01. The van der Waals surface area contributed by atoms with E-state index in [1.807, 2.05) is 28.9 Å². The van der Waals surface area contributed by atoms with Crippen LogP contribution in [0.4, 0.5) is 5.82 Å². The zero-order valence-corrected chi connectivity index (χ0v) is 12.2. The first-order valence-electron chi connectivity index (χ1n) is 7.01. The second-order valence-corrected chi connectivity index (χ2v) is 5.11. The Kier molecular flexibility index (Phi) is 3.39. The zero-order valence-electron chi connectivity index (χ0n) is 12.2. The van der Waals surface area contributed by atoms with Gasteiger partial charge in [0.2, 0.25) is 0 Å². The summed E-state index contributed by atoms with van der Waals surface area (Å²) in [4.78, 5) is 0. The lowest BCUT2D eigenvalue weighted by Gasteiger charge is -2.08. The Hall–Kier alpha value is -2.34. The largest absolute Gasteiger partial charge is 0.388 e. The lowest BCUT2D eigenvalue weighted by Crippen LogP contribution is -2.07. The van der Waals surface area contributed by atoms with Gasteiger partial charge >= 0.3 is 0 Å². The van der Waals surface area contributed by atoms with Gasteiger partial charge in [-0.15, -0.1) is 0 Å². The SMILES string of the molecule is CCn1nc(CC(O)c2cnn(C)c2N)c2ccccc21. The predicted molar refractivity (Wildman–Crippen MR) is 81.7 cm³/mol. The number of hydrogen-bond donors (Lipinski definition) is 2. The van der Waals surface area contributed by atoms with Gasteiger partial charge in [-0.3, -0.25) is 9.36 Å². The molecule has 3 rings (SSSR count). The summed E-state index contributed by atoms with van der Waals surface area (Å²) in [6.45, 7) is 2.85. The molecular formula is C15H19N5O. The lowest BCUT2D eigenvalue weighted by atomic mass is 10.1. The van der Waals surface area contributed by atoms with Crippen molar-refractivity contribution in [3.63, 3.8) is 0 Å². The Labute approximate surface area is 122 Å². The summed E-state index contributed by atoms with van der Waals surface area (Å²) in [6, 6.07) is 8.05. The number of rotatable bonds is 4. The minimum Gasteiger partial charge on any atom is -0.388 e. The summed E-state index contributed by atoms with van der Waals surface area (Å²) in [5.41, 5.74) is 8.52. The summed E-state index contributed by atoms with van der Waals surface area (Å²) in [7, 11) is 1.76. The topological polar surface area (TPSA) is 81.9 Å². The van der Waals surface area contributed by atoms with Crippen LogP contribution in [0.1, 0.15) is 24.3 Å². The Morgan fingerprint density at radius 1 is 1.33 bits per heavy atom. The van der Waals surface area contributed by atoms with E-state index in [-0.39, 0.29) is 0 Å². The average molecular weight is 285 g/mol. The quantitative estimate of drug-likeness (QED) is 0.763. The van der Waals surface area contributed by atoms with Gasteiger partial charge in [0.25, 0.3) is 0 Å². The van der Waals surface area contributed by atoms with Gasteiger partial charge in [0.1, 0.15) is 5.82 Å². The highest BCUT2D eigenvalue weighted by molar-refractivity contribution is 5.82. The lowest BCUT2D eigenvalue weighted by molar-refractivity contribution is 0.178. The molecule has 0 fully saturated rings. The minimum absolute atomic E-state index is 0.420. The molecule has 0 saturated carbocycles. The summed E-state index contributed by atoms with van der Waals surface area (Å²) in [5.74, 6) is 0.488.